The molecule has 13 heavy (non-hydrogen) atoms. The number of nitrogens with zero attached hydrogens (tertiary/aromatic N) is 1. The summed E-state index contributed by atoms with van der Waals surface area (Å²) in [4.78, 5) is 16.5. The third-order valence-corrected chi connectivity index (χ3v) is 3.18. The Bertz CT molecular complexity index is 315. The van der Waals surface area contributed by atoms with Gasteiger partial charge < -0.3 is 5.32 Å². The fourth-order valence-corrected chi connectivity index (χ4v) is 2.34. The summed E-state index contributed by atoms with van der Waals surface area (Å²) >= 11 is 1.57. The van der Waals surface area contributed by atoms with Gasteiger partial charge in [0.15, 0.2) is 5.78 Å². The van der Waals surface area contributed by atoms with Crippen molar-refractivity contribution in [3.8, 4) is 0 Å². The Hall–Kier alpha value is -1.03. The summed E-state index contributed by atoms with van der Waals surface area (Å²) in [6.07, 6.45) is 4.07. The lowest BCUT2D eigenvalue weighted by atomic mass is 10.3. The van der Waals surface area contributed by atoms with Crippen LogP contribution in [-0.2, 0) is 4.79 Å². The molecule has 4 heteroatoms. The molecule has 68 valence electrons. The molecule has 0 saturated carbocycles. The van der Waals surface area contributed by atoms with Gasteiger partial charge in [-0.15, -0.1) is 0 Å². The van der Waals surface area contributed by atoms with Crippen LogP contribution in [-0.4, -0.2) is 16.1 Å². The zero-order valence-electron chi connectivity index (χ0n) is 7.28. The van der Waals surface area contributed by atoms with E-state index in [1.54, 1.807) is 24.2 Å². The van der Waals surface area contributed by atoms with Crippen LogP contribution in [0.25, 0.3) is 0 Å². The number of fused-ring (bicyclic) bond motifs is 1. The zero-order valence-corrected chi connectivity index (χ0v) is 8.10. The fraction of sp³-hybridized carbons (Fsp3) is 0.333. The second kappa shape index (κ2) is 3.38. The van der Waals surface area contributed by atoms with E-state index in [0.717, 1.165) is 10.6 Å². The third-order valence-electron chi connectivity index (χ3n) is 1.95. The molecule has 0 amide bonds. The number of pyridine rings is 1. The minimum atomic E-state index is -0.107. The molecule has 0 aliphatic carbocycles. The number of Topliss-reactive ketones (excluding diaryl/α,β-unsaturated/α-hetero) is 1. The first-order chi connectivity index (χ1) is 6.31. The van der Waals surface area contributed by atoms with Crippen molar-refractivity contribution in [3.63, 3.8) is 0 Å². The average molecular weight is 194 g/mol. The number of thioether (sulfide) groups is 1. The highest BCUT2D eigenvalue weighted by Gasteiger charge is 2.25. The summed E-state index contributed by atoms with van der Waals surface area (Å²) in [6.45, 7) is 1.88. The highest BCUT2D eigenvalue weighted by molar-refractivity contribution is 8.01. The van der Waals surface area contributed by atoms with Crippen LogP contribution >= 0.6 is 11.8 Å². The van der Waals surface area contributed by atoms with Gasteiger partial charge in [-0.3, -0.25) is 9.78 Å². The van der Waals surface area contributed by atoms with E-state index in [9.17, 15) is 4.79 Å². The standard InChI is InChI=1S/C9H10N2OS/c1-2-7(12)9-11-6-5-10-4-3-8(6)13-9/h3-5,9,11H,2H2,1H3. The van der Waals surface area contributed by atoms with E-state index in [2.05, 4.69) is 10.3 Å². The highest BCUT2D eigenvalue weighted by Crippen LogP contribution is 2.37. The SMILES string of the molecule is CCC(=O)C1Nc2cnccc2S1. The van der Waals surface area contributed by atoms with Crippen LogP contribution in [0.5, 0.6) is 0 Å². The van der Waals surface area contributed by atoms with Gasteiger partial charge in [-0.25, -0.2) is 0 Å². The number of hydrogen-bond acceptors (Lipinski definition) is 4. The molecule has 1 aromatic rings. The Morgan fingerprint density at radius 1 is 1.77 bits per heavy atom. The van der Waals surface area contributed by atoms with E-state index in [1.165, 1.54) is 0 Å². The predicted molar refractivity (Wildman–Crippen MR) is 52.8 cm³/mol. The summed E-state index contributed by atoms with van der Waals surface area (Å²) < 4.78 is 0. The van der Waals surface area contributed by atoms with Gasteiger partial charge >= 0.3 is 0 Å². The number of rotatable bonds is 2. The van der Waals surface area contributed by atoms with Gasteiger partial charge in [0, 0.05) is 17.5 Å². The molecule has 0 radical (unpaired) electrons. The number of nitrogens with one attached hydrogen (secondary N) is 1. The van der Waals surface area contributed by atoms with Crippen LogP contribution in [0.15, 0.2) is 23.4 Å². The smallest absolute Gasteiger partial charge is 0.165 e. The summed E-state index contributed by atoms with van der Waals surface area (Å²) in [6, 6.07) is 1.93. The molecular weight excluding hydrogens is 184 g/mol. The monoisotopic (exact) mass is 194 g/mol. The lowest BCUT2D eigenvalue weighted by Crippen LogP contribution is -2.21. The van der Waals surface area contributed by atoms with Crippen LogP contribution in [0.1, 0.15) is 13.3 Å². The average Bonchev–Trinajstić information content (AvgIpc) is 2.59. The van der Waals surface area contributed by atoms with Gasteiger partial charge in [0.05, 0.1) is 11.9 Å². The van der Waals surface area contributed by atoms with E-state index in [0.29, 0.717) is 6.42 Å². The second-order valence-electron chi connectivity index (χ2n) is 2.83. The molecule has 0 aromatic carbocycles. The molecule has 1 atom stereocenters. The summed E-state index contributed by atoms with van der Waals surface area (Å²) in [5.74, 6) is 0.237. The van der Waals surface area contributed by atoms with Gasteiger partial charge in [0.2, 0.25) is 0 Å². The van der Waals surface area contributed by atoms with Gasteiger partial charge in [0.1, 0.15) is 5.37 Å². The maximum absolute atomic E-state index is 11.4. The Morgan fingerprint density at radius 2 is 2.62 bits per heavy atom. The first kappa shape index (κ1) is 8.56. The maximum atomic E-state index is 11.4. The van der Waals surface area contributed by atoms with Crippen molar-refractivity contribution in [1.82, 2.24) is 4.98 Å². The molecule has 3 nitrogen and oxygen atoms in total. The molecule has 0 saturated heterocycles. The van der Waals surface area contributed by atoms with E-state index in [-0.39, 0.29) is 11.2 Å². The molecule has 0 bridgehead atoms. The molecule has 0 spiro atoms. The molecular formula is C9H10N2OS. The van der Waals surface area contributed by atoms with E-state index in [1.807, 2.05) is 13.0 Å². The van der Waals surface area contributed by atoms with Crippen molar-refractivity contribution >= 4 is 23.2 Å². The van der Waals surface area contributed by atoms with Crippen LogP contribution in [0.3, 0.4) is 0 Å². The lowest BCUT2D eigenvalue weighted by molar-refractivity contribution is -0.117. The number of carbonyl (C=O) groups excluding carboxylic acids is 1. The minimum Gasteiger partial charge on any atom is -0.365 e. The van der Waals surface area contributed by atoms with Crippen molar-refractivity contribution in [3.05, 3.63) is 18.5 Å². The quantitative estimate of drug-likeness (QED) is 0.780. The number of carbonyl (C=O) groups is 1. The van der Waals surface area contributed by atoms with Crippen molar-refractivity contribution in [2.75, 3.05) is 5.32 Å². The topological polar surface area (TPSA) is 42.0 Å². The van der Waals surface area contributed by atoms with Crippen LogP contribution in [0.2, 0.25) is 0 Å². The van der Waals surface area contributed by atoms with Crippen LogP contribution in [0, 0.1) is 0 Å². The van der Waals surface area contributed by atoms with Crippen LogP contribution in [0.4, 0.5) is 5.69 Å². The van der Waals surface area contributed by atoms with Gasteiger partial charge in [-0.1, -0.05) is 18.7 Å². The summed E-state index contributed by atoms with van der Waals surface area (Å²) in [5.41, 5.74) is 0.972. The molecule has 1 aliphatic rings. The zero-order chi connectivity index (χ0) is 9.26. The van der Waals surface area contributed by atoms with Crippen LogP contribution < -0.4 is 5.32 Å². The van der Waals surface area contributed by atoms with Crippen molar-refractivity contribution < 1.29 is 4.79 Å². The molecule has 1 aromatic heterocycles. The summed E-state index contributed by atoms with van der Waals surface area (Å²) in [5, 5.41) is 3.03. The molecule has 1 N–H and O–H groups in total. The fourth-order valence-electron chi connectivity index (χ4n) is 1.22. The van der Waals surface area contributed by atoms with Gasteiger partial charge in [-0.2, -0.15) is 0 Å². The van der Waals surface area contributed by atoms with Crippen molar-refractivity contribution in [2.45, 2.75) is 23.6 Å². The molecule has 1 aliphatic heterocycles. The predicted octanol–water partition coefficient (Wildman–Crippen LogP) is 1.90. The Morgan fingerprint density at radius 3 is 3.31 bits per heavy atom. The number of aromatic nitrogens is 1. The second-order valence-corrected chi connectivity index (χ2v) is 3.98. The molecule has 0 fully saturated rings. The Balaban J connectivity index is 2.18. The molecule has 2 rings (SSSR count). The van der Waals surface area contributed by atoms with Gasteiger partial charge in [0.25, 0.3) is 0 Å². The molecule has 2 heterocycles. The summed E-state index contributed by atoms with van der Waals surface area (Å²) in [7, 11) is 0. The Kier molecular flexibility index (Phi) is 2.22. The normalized spacial score (nSPS) is 19.3. The number of hydrogen-bond donors (Lipinski definition) is 1. The van der Waals surface area contributed by atoms with E-state index < -0.39 is 0 Å². The lowest BCUT2D eigenvalue weighted by Gasteiger charge is -2.05. The minimum absolute atomic E-state index is 0.107. The number of anilines is 1. The largest absolute Gasteiger partial charge is 0.365 e. The first-order valence-electron chi connectivity index (χ1n) is 4.21. The van der Waals surface area contributed by atoms with Crippen molar-refractivity contribution in [2.24, 2.45) is 0 Å². The van der Waals surface area contributed by atoms with Crippen molar-refractivity contribution in [1.29, 1.82) is 0 Å². The Labute approximate surface area is 80.9 Å². The highest BCUT2D eigenvalue weighted by atomic mass is 32.2. The maximum Gasteiger partial charge on any atom is 0.165 e. The number of ketones is 1. The third kappa shape index (κ3) is 1.54. The van der Waals surface area contributed by atoms with E-state index in [4.69, 9.17) is 0 Å². The van der Waals surface area contributed by atoms with Gasteiger partial charge in [-0.05, 0) is 6.07 Å². The van der Waals surface area contributed by atoms with E-state index >= 15 is 0 Å². The first-order valence-corrected chi connectivity index (χ1v) is 5.09. The molecule has 1 unspecified atom stereocenters.